The normalized spacial score (nSPS) is 12.6. The zero-order chi connectivity index (χ0) is 9.14. The summed E-state index contributed by atoms with van der Waals surface area (Å²) in [5.74, 6) is 0. The predicted molar refractivity (Wildman–Crippen MR) is 49.1 cm³/mol. The first-order valence-electron chi connectivity index (χ1n) is 3.58. The Morgan fingerprint density at radius 2 is 2.33 bits per heavy atom. The fourth-order valence-electron chi connectivity index (χ4n) is 0.960. The first kappa shape index (κ1) is 9.23. The van der Waals surface area contributed by atoms with E-state index in [0.717, 1.165) is 11.3 Å². The van der Waals surface area contributed by atoms with Crippen LogP contribution < -0.4 is 0 Å². The molecule has 0 aliphatic carbocycles. The SMILES string of the molecule is C=CC(O)c1cc(C)nc(Cl)c1. The molecule has 1 N–H and O–H groups in total. The molecule has 0 saturated heterocycles. The Balaban J connectivity index is 3.08. The van der Waals surface area contributed by atoms with Crippen LogP contribution in [0.2, 0.25) is 5.15 Å². The van der Waals surface area contributed by atoms with Gasteiger partial charge in [0.2, 0.25) is 0 Å². The van der Waals surface area contributed by atoms with Gasteiger partial charge in [0.05, 0.1) is 6.10 Å². The zero-order valence-electron chi connectivity index (χ0n) is 6.79. The Bertz CT molecular complexity index is 278. The number of aliphatic hydroxyl groups is 1. The van der Waals surface area contributed by atoms with E-state index in [9.17, 15) is 5.11 Å². The third kappa shape index (κ3) is 2.06. The molecule has 1 aromatic heterocycles. The summed E-state index contributed by atoms with van der Waals surface area (Å²) < 4.78 is 0. The smallest absolute Gasteiger partial charge is 0.129 e. The molecule has 0 aliphatic heterocycles. The zero-order valence-corrected chi connectivity index (χ0v) is 7.54. The van der Waals surface area contributed by atoms with Crippen LogP contribution in [0.5, 0.6) is 0 Å². The summed E-state index contributed by atoms with van der Waals surface area (Å²) in [4.78, 5) is 3.97. The van der Waals surface area contributed by atoms with E-state index in [1.54, 1.807) is 12.1 Å². The van der Waals surface area contributed by atoms with E-state index in [1.165, 1.54) is 6.08 Å². The van der Waals surface area contributed by atoms with Crippen LogP contribution in [-0.2, 0) is 0 Å². The number of aromatic nitrogens is 1. The van der Waals surface area contributed by atoms with Crippen molar-refractivity contribution in [1.29, 1.82) is 0 Å². The molecule has 0 fully saturated rings. The van der Waals surface area contributed by atoms with Gasteiger partial charge in [0.1, 0.15) is 5.15 Å². The Kier molecular flexibility index (Phi) is 2.84. The lowest BCUT2D eigenvalue weighted by molar-refractivity contribution is 0.229. The topological polar surface area (TPSA) is 33.1 Å². The van der Waals surface area contributed by atoms with E-state index in [0.29, 0.717) is 5.15 Å². The fraction of sp³-hybridized carbons (Fsp3) is 0.222. The van der Waals surface area contributed by atoms with Crippen molar-refractivity contribution in [2.75, 3.05) is 0 Å². The minimum Gasteiger partial charge on any atom is -0.384 e. The van der Waals surface area contributed by atoms with E-state index in [-0.39, 0.29) is 0 Å². The summed E-state index contributed by atoms with van der Waals surface area (Å²) in [6.45, 7) is 5.31. The second-order valence-corrected chi connectivity index (χ2v) is 2.93. The Labute approximate surface area is 76.5 Å². The molecular weight excluding hydrogens is 174 g/mol. The van der Waals surface area contributed by atoms with Crippen molar-refractivity contribution in [3.8, 4) is 0 Å². The minimum atomic E-state index is -0.663. The summed E-state index contributed by atoms with van der Waals surface area (Å²) in [5, 5.41) is 9.77. The van der Waals surface area contributed by atoms with E-state index in [2.05, 4.69) is 11.6 Å². The van der Waals surface area contributed by atoms with Crippen molar-refractivity contribution >= 4 is 11.6 Å². The average molecular weight is 184 g/mol. The summed E-state index contributed by atoms with van der Waals surface area (Å²) in [7, 11) is 0. The third-order valence-corrected chi connectivity index (χ3v) is 1.70. The van der Waals surface area contributed by atoms with Gasteiger partial charge in [-0.05, 0) is 24.6 Å². The van der Waals surface area contributed by atoms with E-state index >= 15 is 0 Å². The molecule has 0 aliphatic rings. The Morgan fingerprint density at radius 1 is 1.67 bits per heavy atom. The second kappa shape index (κ2) is 3.70. The molecule has 2 nitrogen and oxygen atoms in total. The number of aryl methyl sites for hydroxylation is 1. The van der Waals surface area contributed by atoms with Crippen molar-refractivity contribution in [1.82, 2.24) is 4.98 Å². The van der Waals surface area contributed by atoms with Crippen LogP contribution in [0.4, 0.5) is 0 Å². The number of nitrogens with zero attached hydrogens (tertiary/aromatic N) is 1. The van der Waals surface area contributed by atoms with Gasteiger partial charge < -0.3 is 5.11 Å². The van der Waals surface area contributed by atoms with E-state index in [4.69, 9.17) is 11.6 Å². The highest BCUT2D eigenvalue weighted by Crippen LogP contribution is 2.17. The largest absolute Gasteiger partial charge is 0.384 e. The molecule has 0 bridgehead atoms. The van der Waals surface area contributed by atoms with Crippen LogP contribution in [0.3, 0.4) is 0 Å². The van der Waals surface area contributed by atoms with Gasteiger partial charge in [-0.3, -0.25) is 0 Å². The van der Waals surface area contributed by atoms with Crippen LogP contribution in [0.25, 0.3) is 0 Å². The van der Waals surface area contributed by atoms with Gasteiger partial charge in [0.25, 0.3) is 0 Å². The van der Waals surface area contributed by atoms with Gasteiger partial charge in [-0.15, -0.1) is 6.58 Å². The van der Waals surface area contributed by atoms with Gasteiger partial charge in [0, 0.05) is 5.69 Å². The number of halogens is 1. The van der Waals surface area contributed by atoms with Crippen LogP contribution in [0.15, 0.2) is 24.8 Å². The molecule has 12 heavy (non-hydrogen) atoms. The van der Waals surface area contributed by atoms with Crippen molar-refractivity contribution in [2.45, 2.75) is 13.0 Å². The van der Waals surface area contributed by atoms with Gasteiger partial charge in [-0.2, -0.15) is 0 Å². The average Bonchev–Trinajstić information content (AvgIpc) is 2.01. The van der Waals surface area contributed by atoms with Gasteiger partial charge in [-0.1, -0.05) is 17.7 Å². The molecule has 0 spiro atoms. The summed E-state index contributed by atoms with van der Waals surface area (Å²) in [6, 6.07) is 3.40. The molecule has 1 heterocycles. The van der Waals surface area contributed by atoms with Crippen molar-refractivity contribution in [3.63, 3.8) is 0 Å². The van der Waals surface area contributed by atoms with Gasteiger partial charge in [0.15, 0.2) is 0 Å². The van der Waals surface area contributed by atoms with Crippen molar-refractivity contribution < 1.29 is 5.11 Å². The summed E-state index contributed by atoms with van der Waals surface area (Å²) in [6.07, 6.45) is 0.787. The number of aliphatic hydroxyl groups excluding tert-OH is 1. The number of pyridine rings is 1. The van der Waals surface area contributed by atoms with Crippen LogP contribution in [0, 0.1) is 6.92 Å². The number of hydrogen-bond donors (Lipinski definition) is 1. The third-order valence-electron chi connectivity index (χ3n) is 1.51. The van der Waals surface area contributed by atoms with Crippen molar-refractivity contribution in [3.05, 3.63) is 41.2 Å². The quantitative estimate of drug-likeness (QED) is 0.564. The summed E-state index contributed by atoms with van der Waals surface area (Å²) in [5.41, 5.74) is 1.51. The van der Waals surface area contributed by atoms with E-state index < -0.39 is 6.10 Å². The maximum Gasteiger partial charge on any atom is 0.129 e. The highest BCUT2D eigenvalue weighted by Gasteiger charge is 2.04. The van der Waals surface area contributed by atoms with Crippen LogP contribution in [0.1, 0.15) is 17.4 Å². The molecular formula is C9H10ClNO. The van der Waals surface area contributed by atoms with Gasteiger partial charge in [-0.25, -0.2) is 4.98 Å². The predicted octanol–water partition coefficient (Wildman–Crippen LogP) is 2.26. The van der Waals surface area contributed by atoms with Crippen LogP contribution >= 0.6 is 11.6 Å². The standard InChI is InChI=1S/C9H10ClNO/c1-3-8(12)7-4-6(2)11-9(10)5-7/h3-5,8,12H,1H2,2H3. The minimum absolute atomic E-state index is 0.394. The van der Waals surface area contributed by atoms with Crippen molar-refractivity contribution in [2.24, 2.45) is 0 Å². The molecule has 1 atom stereocenters. The van der Waals surface area contributed by atoms with Crippen LogP contribution in [-0.4, -0.2) is 10.1 Å². The maximum atomic E-state index is 9.37. The second-order valence-electron chi connectivity index (χ2n) is 2.55. The number of hydrogen-bond acceptors (Lipinski definition) is 2. The first-order valence-corrected chi connectivity index (χ1v) is 3.96. The Hall–Kier alpha value is -0.860. The molecule has 0 amide bonds. The fourth-order valence-corrected chi connectivity index (χ4v) is 1.22. The van der Waals surface area contributed by atoms with Gasteiger partial charge >= 0.3 is 0 Å². The first-order chi connectivity index (χ1) is 5.63. The maximum absolute atomic E-state index is 9.37. The lowest BCUT2D eigenvalue weighted by Crippen LogP contribution is -1.94. The molecule has 0 saturated carbocycles. The summed E-state index contributed by atoms with van der Waals surface area (Å²) >= 11 is 5.69. The van der Waals surface area contributed by atoms with E-state index in [1.807, 2.05) is 6.92 Å². The molecule has 0 radical (unpaired) electrons. The molecule has 0 aromatic carbocycles. The molecule has 1 unspecified atom stereocenters. The molecule has 1 rings (SSSR count). The monoisotopic (exact) mass is 183 g/mol. The Morgan fingerprint density at radius 3 is 2.83 bits per heavy atom. The highest BCUT2D eigenvalue weighted by molar-refractivity contribution is 6.29. The molecule has 1 aromatic rings. The molecule has 64 valence electrons. The highest BCUT2D eigenvalue weighted by atomic mass is 35.5. The lowest BCUT2D eigenvalue weighted by Gasteiger charge is -2.06. The number of rotatable bonds is 2. The lowest BCUT2D eigenvalue weighted by atomic mass is 10.1. The molecule has 3 heteroatoms.